The number of rotatable bonds is 5. The van der Waals surface area contributed by atoms with Gasteiger partial charge in [0, 0.05) is 13.1 Å². The number of hydrogen-bond donors (Lipinski definition) is 1. The number of likely N-dealkylation sites (N-methyl/N-ethyl adjacent to an activating group) is 1. The molecule has 2 heteroatoms. The Labute approximate surface area is 75.4 Å². The van der Waals surface area contributed by atoms with Crippen molar-refractivity contribution in [1.29, 1.82) is 0 Å². The lowest BCUT2D eigenvalue weighted by atomic mass is 10.1. The maximum Gasteiger partial charge on any atom is 0.0184 e. The van der Waals surface area contributed by atoms with Gasteiger partial charge in [0.05, 0.1) is 0 Å². The van der Waals surface area contributed by atoms with Crippen molar-refractivity contribution >= 4 is 0 Å². The topological polar surface area (TPSA) is 29.3 Å². The molecule has 0 atom stereocenters. The fourth-order valence-corrected chi connectivity index (χ4v) is 1.69. The van der Waals surface area contributed by atoms with Crippen LogP contribution in [0.4, 0.5) is 0 Å². The molecule has 0 aromatic carbocycles. The van der Waals surface area contributed by atoms with Gasteiger partial charge >= 0.3 is 0 Å². The van der Waals surface area contributed by atoms with Gasteiger partial charge in [-0.1, -0.05) is 12.2 Å². The van der Waals surface area contributed by atoms with E-state index in [0.717, 1.165) is 19.6 Å². The first-order valence-electron chi connectivity index (χ1n) is 4.61. The summed E-state index contributed by atoms with van der Waals surface area (Å²) in [6.45, 7) is 8.94. The maximum absolute atomic E-state index is 5.70. The summed E-state index contributed by atoms with van der Waals surface area (Å²) in [6, 6.07) is 0. The Kier molecular flexibility index (Phi) is 2.91. The monoisotopic (exact) mass is 168 g/mol. The van der Waals surface area contributed by atoms with Gasteiger partial charge in [-0.2, -0.15) is 0 Å². The predicted molar refractivity (Wildman–Crippen MR) is 53.0 cm³/mol. The molecule has 1 fully saturated rings. The first-order chi connectivity index (χ1) is 5.58. The fourth-order valence-electron chi connectivity index (χ4n) is 1.69. The molecule has 12 heavy (non-hydrogen) atoms. The Morgan fingerprint density at radius 1 is 1.58 bits per heavy atom. The van der Waals surface area contributed by atoms with Crippen LogP contribution >= 0.6 is 0 Å². The second kappa shape index (κ2) is 3.58. The summed E-state index contributed by atoms with van der Waals surface area (Å²) in [7, 11) is 2.14. The largest absolute Gasteiger partial charge is 0.330 e. The highest BCUT2D eigenvalue weighted by atomic mass is 15.1. The van der Waals surface area contributed by atoms with Crippen molar-refractivity contribution in [3.05, 3.63) is 12.2 Å². The predicted octanol–water partition coefficient (Wildman–Crippen LogP) is 1.23. The van der Waals surface area contributed by atoms with Gasteiger partial charge < -0.3 is 10.6 Å². The fraction of sp³-hybridized carbons (Fsp3) is 0.800. The van der Waals surface area contributed by atoms with Crippen LogP contribution in [0.15, 0.2) is 12.2 Å². The van der Waals surface area contributed by atoms with E-state index in [1.807, 2.05) is 0 Å². The zero-order valence-electron chi connectivity index (χ0n) is 8.27. The molecule has 1 rings (SSSR count). The average molecular weight is 168 g/mol. The molecule has 2 nitrogen and oxygen atoms in total. The van der Waals surface area contributed by atoms with E-state index in [1.165, 1.54) is 18.4 Å². The van der Waals surface area contributed by atoms with Crippen LogP contribution in [0, 0.1) is 5.41 Å². The summed E-state index contributed by atoms with van der Waals surface area (Å²) in [5, 5.41) is 0. The van der Waals surface area contributed by atoms with Gasteiger partial charge in [0.1, 0.15) is 0 Å². The van der Waals surface area contributed by atoms with Crippen molar-refractivity contribution in [2.24, 2.45) is 11.1 Å². The summed E-state index contributed by atoms with van der Waals surface area (Å²) in [6.07, 6.45) is 2.62. The van der Waals surface area contributed by atoms with Gasteiger partial charge in [-0.05, 0) is 38.8 Å². The summed E-state index contributed by atoms with van der Waals surface area (Å²) >= 11 is 0. The third kappa shape index (κ3) is 2.61. The molecule has 0 radical (unpaired) electrons. The smallest absolute Gasteiger partial charge is 0.0184 e. The standard InChI is InChI=1S/C10H20N2/c1-9(2)6-12(3)8-10(7-11)4-5-10/h1,4-8,11H2,2-3H3. The normalized spacial score (nSPS) is 19.7. The Hall–Kier alpha value is -0.340. The Morgan fingerprint density at radius 3 is 2.50 bits per heavy atom. The van der Waals surface area contributed by atoms with Crippen LogP contribution in [-0.2, 0) is 0 Å². The van der Waals surface area contributed by atoms with Crippen molar-refractivity contribution in [3.63, 3.8) is 0 Å². The zero-order chi connectivity index (χ0) is 9.19. The van der Waals surface area contributed by atoms with Gasteiger partial charge in [-0.25, -0.2) is 0 Å². The van der Waals surface area contributed by atoms with E-state index in [2.05, 4.69) is 25.5 Å². The molecule has 1 saturated carbocycles. The molecule has 0 spiro atoms. The molecule has 0 aromatic heterocycles. The molecule has 0 saturated heterocycles. The molecule has 0 aromatic rings. The van der Waals surface area contributed by atoms with Crippen molar-refractivity contribution in [1.82, 2.24) is 4.90 Å². The average Bonchev–Trinajstić information content (AvgIpc) is 2.67. The van der Waals surface area contributed by atoms with E-state index in [4.69, 9.17) is 5.73 Å². The Morgan fingerprint density at radius 2 is 2.17 bits per heavy atom. The molecular formula is C10H20N2. The van der Waals surface area contributed by atoms with Gasteiger partial charge in [-0.3, -0.25) is 0 Å². The lowest BCUT2D eigenvalue weighted by molar-refractivity contribution is 0.285. The van der Waals surface area contributed by atoms with Crippen LogP contribution < -0.4 is 5.73 Å². The molecule has 0 unspecified atom stereocenters. The van der Waals surface area contributed by atoms with Gasteiger partial charge in [0.15, 0.2) is 0 Å². The van der Waals surface area contributed by atoms with Crippen LogP contribution in [0.2, 0.25) is 0 Å². The van der Waals surface area contributed by atoms with E-state index in [1.54, 1.807) is 0 Å². The minimum Gasteiger partial charge on any atom is -0.330 e. The van der Waals surface area contributed by atoms with Gasteiger partial charge in [0.2, 0.25) is 0 Å². The number of hydrogen-bond acceptors (Lipinski definition) is 2. The highest BCUT2D eigenvalue weighted by Gasteiger charge is 2.41. The zero-order valence-corrected chi connectivity index (χ0v) is 8.27. The van der Waals surface area contributed by atoms with E-state index in [9.17, 15) is 0 Å². The first-order valence-corrected chi connectivity index (χ1v) is 4.61. The molecule has 1 aliphatic rings. The summed E-state index contributed by atoms with van der Waals surface area (Å²) in [4.78, 5) is 2.32. The minimum absolute atomic E-state index is 0.462. The van der Waals surface area contributed by atoms with Crippen LogP contribution in [-0.4, -0.2) is 31.6 Å². The summed E-state index contributed by atoms with van der Waals surface area (Å²) in [5.41, 5.74) is 7.39. The van der Waals surface area contributed by atoms with Gasteiger partial charge in [0.25, 0.3) is 0 Å². The lowest BCUT2D eigenvalue weighted by Gasteiger charge is -2.22. The third-order valence-corrected chi connectivity index (χ3v) is 2.54. The quantitative estimate of drug-likeness (QED) is 0.626. The van der Waals surface area contributed by atoms with Crippen molar-refractivity contribution in [2.75, 3.05) is 26.7 Å². The Bertz CT molecular complexity index is 171. The van der Waals surface area contributed by atoms with Gasteiger partial charge in [-0.15, -0.1) is 0 Å². The molecule has 0 aliphatic heterocycles. The van der Waals surface area contributed by atoms with Crippen molar-refractivity contribution in [2.45, 2.75) is 19.8 Å². The molecular weight excluding hydrogens is 148 g/mol. The van der Waals surface area contributed by atoms with E-state index >= 15 is 0 Å². The second-order valence-corrected chi connectivity index (χ2v) is 4.33. The van der Waals surface area contributed by atoms with E-state index < -0.39 is 0 Å². The number of nitrogens with two attached hydrogens (primary N) is 1. The first kappa shape index (κ1) is 9.75. The summed E-state index contributed by atoms with van der Waals surface area (Å²) in [5.74, 6) is 0. The summed E-state index contributed by atoms with van der Waals surface area (Å²) < 4.78 is 0. The highest BCUT2D eigenvalue weighted by molar-refractivity contribution is 4.98. The van der Waals surface area contributed by atoms with E-state index in [-0.39, 0.29) is 0 Å². The van der Waals surface area contributed by atoms with E-state index in [0.29, 0.717) is 5.41 Å². The van der Waals surface area contributed by atoms with Crippen LogP contribution in [0.5, 0.6) is 0 Å². The maximum atomic E-state index is 5.70. The molecule has 1 aliphatic carbocycles. The molecule has 2 N–H and O–H groups in total. The Balaban J connectivity index is 2.26. The molecule has 0 amide bonds. The van der Waals surface area contributed by atoms with Crippen molar-refractivity contribution in [3.8, 4) is 0 Å². The number of nitrogens with zero attached hydrogens (tertiary/aromatic N) is 1. The minimum atomic E-state index is 0.462. The molecule has 70 valence electrons. The van der Waals surface area contributed by atoms with Crippen LogP contribution in [0.3, 0.4) is 0 Å². The van der Waals surface area contributed by atoms with Crippen LogP contribution in [0.1, 0.15) is 19.8 Å². The van der Waals surface area contributed by atoms with Crippen molar-refractivity contribution < 1.29 is 0 Å². The SMILES string of the molecule is C=C(C)CN(C)CC1(CN)CC1. The molecule has 0 bridgehead atoms. The third-order valence-electron chi connectivity index (χ3n) is 2.54. The van der Waals surface area contributed by atoms with Crippen LogP contribution in [0.25, 0.3) is 0 Å². The second-order valence-electron chi connectivity index (χ2n) is 4.33. The lowest BCUT2D eigenvalue weighted by Crippen LogP contribution is -2.32. The highest BCUT2D eigenvalue weighted by Crippen LogP contribution is 2.44. The molecule has 0 heterocycles.